The molecule has 0 aliphatic carbocycles. The molecule has 3 rings (SSSR count). The first-order valence-corrected chi connectivity index (χ1v) is 9.51. The number of carbonyl (C=O) groups excluding carboxylic acids is 1. The summed E-state index contributed by atoms with van der Waals surface area (Å²) in [5.41, 5.74) is 2.18. The minimum absolute atomic E-state index is 0.0901. The maximum Gasteiger partial charge on any atom is 0.278 e. The first-order chi connectivity index (χ1) is 11.7. The van der Waals surface area contributed by atoms with Crippen molar-refractivity contribution in [3.63, 3.8) is 0 Å². The Balaban J connectivity index is 1.82. The normalized spacial score (nSPS) is 16.9. The number of hydrogen-bond donors (Lipinski definition) is 1. The first-order valence-electron chi connectivity index (χ1n) is 8.63. The van der Waals surface area contributed by atoms with Gasteiger partial charge in [-0.25, -0.2) is 4.39 Å². The molecule has 128 valence electrons. The van der Waals surface area contributed by atoms with E-state index in [-0.39, 0.29) is 17.8 Å². The first kappa shape index (κ1) is 17.1. The van der Waals surface area contributed by atoms with Crippen LogP contribution in [0.5, 0.6) is 0 Å². The molecule has 0 saturated carbocycles. The second-order valence-electron chi connectivity index (χ2n) is 6.23. The average Bonchev–Trinajstić information content (AvgIpc) is 3.07. The molecule has 2 heterocycles. The molecule has 0 unspecified atom stereocenters. The second kappa shape index (κ2) is 7.90. The molecule has 1 atom stereocenters. The van der Waals surface area contributed by atoms with E-state index in [1.54, 1.807) is 23.5 Å². The minimum atomic E-state index is -0.245. The zero-order chi connectivity index (χ0) is 16.9. The number of rotatable bonds is 6. The summed E-state index contributed by atoms with van der Waals surface area (Å²) < 4.78 is 13.3. The highest BCUT2D eigenvalue weighted by atomic mass is 32.1. The highest BCUT2D eigenvalue weighted by molar-refractivity contribution is 7.10. The van der Waals surface area contributed by atoms with Crippen molar-refractivity contribution in [2.24, 2.45) is 0 Å². The quantitative estimate of drug-likeness (QED) is 0.802. The molecule has 0 spiro atoms. The maximum absolute atomic E-state index is 13.3. The van der Waals surface area contributed by atoms with Gasteiger partial charge in [-0.15, -0.1) is 11.3 Å². The van der Waals surface area contributed by atoms with Gasteiger partial charge in [0.2, 0.25) is 0 Å². The smallest absolute Gasteiger partial charge is 0.278 e. The van der Waals surface area contributed by atoms with Crippen molar-refractivity contribution < 1.29 is 14.5 Å². The standard InChI is InChI=1S/C19H23FN2OS/c1-2-3-10-21-13-18(23)22-11-8-17-16(9-12-24-17)19(22)14-4-6-15(20)7-5-14/h4-7,9,12,19,21H,2-3,8,10-11,13H2,1H3/p+1/t19-/m0/s1. The minimum Gasteiger partial charge on any atom is -0.338 e. The van der Waals surface area contributed by atoms with Gasteiger partial charge in [0.25, 0.3) is 5.91 Å². The van der Waals surface area contributed by atoms with Crippen LogP contribution >= 0.6 is 11.3 Å². The van der Waals surface area contributed by atoms with E-state index in [2.05, 4.69) is 23.7 Å². The van der Waals surface area contributed by atoms with Crippen molar-refractivity contribution in [3.8, 4) is 0 Å². The summed E-state index contributed by atoms with van der Waals surface area (Å²) in [5.74, 6) is -0.0804. The number of unbranched alkanes of at least 4 members (excludes halogenated alkanes) is 1. The van der Waals surface area contributed by atoms with Gasteiger partial charge in [-0.05, 0) is 47.5 Å². The Bertz CT molecular complexity index is 683. The van der Waals surface area contributed by atoms with Crippen LogP contribution in [0.4, 0.5) is 4.39 Å². The lowest BCUT2D eigenvalue weighted by Crippen LogP contribution is -2.86. The molecular formula is C19H24FN2OS+. The van der Waals surface area contributed by atoms with Gasteiger partial charge in [-0.3, -0.25) is 4.79 Å². The number of nitrogens with two attached hydrogens (primary N) is 1. The van der Waals surface area contributed by atoms with Crippen LogP contribution in [0.15, 0.2) is 35.7 Å². The Labute approximate surface area is 146 Å². The summed E-state index contributed by atoms with van der Waals surface area (Å²) in [6.45, 7) is 4.36. The molecule has 0 radical (unpaired) electrons. The molecule has 5 heteroatoms. The van der Waals surface area contributed by atoms with Crippen LogP contribution in [-0.2, 0) is 11.2 Å². The number of fused-ring (bicyclic) bond motifs is 1. The lowest BCUT2D eigenvalue weighted by atomic mass is 9.93. The van der Waals surface area contributed by atoms with E-state index >= 15 is 0 Å². The zero-order valence-electron chi connectivity index (χ0n) is 14.0. The summed E-state index contributed by atoms with van der Waals surface area (Å²) in [6, 6.07) is 8.57. The fourth-order valence-electron chi connectivity index (χ4n) is 3.28. The van der Waals surface area contributed by atoms with Crippen LogP contribution in [-0.4, -0.2) is 30.4 Å². The Kier molecular flexibility index (Phi) is 5.63. The number of halogens is 1. The van der Waals surface area contributed by atoms with Gasteiger partial charge in [-0.1, -0.05) is 25.5 Å². The second-order valence-corrected chi connectivity index (χ2v) is 7.23. The van der Waals surface area contributed by atoms with E-state index in [1.165, 1.54) is 22.6 Å². The number of thiophene rings is 1. The Morgan fingerprint density at radius 1 is 1.33 bits per heavy atom. The van der Waals surface area contributed by atoms with Crippen molar-refractivity contribution >= 4 is 17.2 Å². The van der Waals surface area contributed by atoms with Crippen molar-refractivity contribution in [1.29, 1.82) is 0 Å². The predicted octanol–water partition coefficient (Wildman–Crippen LogP) is 2.72. The van der Waals surface area contributed by atoms with Crippen LogP contribution in [0.25, 0.3) is 0 Å². The summed E-state index contributed by atoms with van der Waals surface area (Å²) in [5, 5.41) is 4.18. The van der Waals surface area contributed by atoms with Crippen molar-refractivity contribution in [2.45, 2.75) is 32.2 Å². The lowest BCUT2D eigenvalue weighted by Gasteiger charge is -2.36. The number of amides is 1. The monoisotopic (exact) mass is 347 g/mol. The van der Waals surface area contributed by atoms with E-state index in [0.717, 1.165) is 37.9 Å². The third-order valence-electron chi connectivity index (χ3n) is 4.55. The third-order valence-corrected chi connectivity index (χ3v) is 5.55. The van der Waals surface area contributed by atoms with E-state index in [4.69, 9.17) is 0 Å². The zero-order valence-corrected chi connectivity index (χ0v) is 14.8. The fraction of sp³-hybridized carbons (Fsp3) is 0.421. The number of benzene rings is 1. The lowest BCUT2D eigenvalue weighted by molar-refractivity contribution is -0.644. The molecule has 3 nitrogen and oxygen atoms in total. The van der Waals surface area contributed by atoms with Gasteiger partial charge in [-0.2, -0.15) is 0 Å². The molecule has 1 aliphatic rings. The van der Waals surface area contributed by atoms with Gasteiger partial charge in [0.15, 0.2) is 6.54 Å². The average molecular weight is 347 g/mol. The third kappa shape index (κ3) is 3.68. The molecule has 1 aromatic carbocycles. The van der Waals surface area contributed by atoms with Crippen LogP contribution in [0.1, 0.15) is 41.8 Å². The summed E-state index contributed by atoms with van der Waals surface area (Å²) in [7, 11) is 0. The number of hydrogen-bond acceptors (Lipinski definition) is 2. The number of carbonyl (C=O) groups is 1. The molecule has 24 heavy (non-hydrogen) atoms. The highest BCUT2D eigenvalue weighted by Gasteiger charge is 2.33. The number of quaternary nitrogens is 1. The molecule has 1 amide bonds. The highest BCUT2D eigenvalue weighted by Crippen LogP contribution is 2.37. The van der Waals surface area contributed by atoms with Crippen LogP contribution in [0, 0.1) is 5.82 Å². The molecule has 1 aliphatic heterocycles. The molecule has 1 aromatic heterocycles. The summed E-state index contributed by atoms with van der Waals surface area (Å²) in [4.78, 5) is 16.1. The summed E-state index contributed by atoms with van der Waals surface area (Å²) >= 11 is 1.75. The van der Waals surface area contributed by atoms with Crippen LogP contribution < -0.4 is 5.32 Å². The topological polar surface area (TPSA) is 36.9 Å². The SMILES string of the molecule is CCCC[NH2+]CC(=O)N1CCc2sccc2[C@@H]1c1ccc(F)cc1. The molecule has 0 saturated heterocycles. The van der Waals surface area contributed by atoms with Crippen LogP contribution in [0.3, 0.4) is 0 Å². The fourth-order valence-corrected chi connectivity index (χ4v) is 4.18. The maximum atomic E-state index is 13.3. The molecular weight excluding hydrogens is 323 g/mol. The van der Waals surface area contributed by atoms with Gasteiger partial charge in [0.1, 0.15) is 5.82 Å². The Hall–Kier alpha value is -1.72. The Morgan fingerprint density at radius 2 is 2.12 bits per heavy atom. The molecule has 0 fully saturated rings. The van der Waals surface area contributed by atoms with Crippen molar-refractivity contribution in [3.05, 3.63) is 57.5 Å². The summed E-state index contributed by atoms with van der Waals surface area (Å²) in [6.07, 6.45) is 3.18. The van der Waals surface area contributed by atoms with E-state index in [1.807, 2.05) is 4.90 Å². The van der Waals surface area contributed by atoms with Gasteiger partial charge < -0.3 is 10.2 Å². The van der Waals surface area contributed by atoms with E-state index in [0.29, 0.717) is 6.54 Å². The van der Waals surface area contributed by atoms with Crippen molar-refractivity contribution in [2.75, 3.05) is 19.6 Å². The van der Waals surface area contributed by atoms with Crippen molar-refractivity contribution in [1.82, 2.24) is 4.90 Å². The van der Waals surface area contributed by atoms with E-state index in [9.17, 15) is 9.18 Å². The largest absolute Gasteiger partial charge is 0.338 e. The predicted molar refractivity (Wildman–Crippen MR) is 94.5 cm³/mol. The Morgan fingerprint density at radius 3 is 2.88 bits per heavy atom. The van der Waals surface area contributed by atoms with Gasteiger partial charge in [0, 0.05) is 11.4 Å². The number of nitrogens with zero attached hydrogens (tertiary/aromatic N) is 1. The van der Waals surface area contributed by atoms with E-state index < -0.39 is 0 Å². The van der Waals surface area contributed by atoms with Gasteiger partial charge >= 0.3 is 0 Å². The molecule has 0 bridgehead atoms. The van der Waals surface area contributed by atoms with Gasteiger partial charge in [0.05, 0.1) is 12.6 Å². The molecule has 2 aromatic rings. The van der Waals surface area contributed by atoms with Crippen LogP contribution in [0.2, 0.25) is 0 Å². The molecule has 2 N–H and O–H groups in total.